The Bertz CT molecular complexity index is 389. The lowest BCUT2D eigenvalue weighted by atomic mass is 10.1. The first-order chi connectivity index (χ1) is 9.27. The first-order valence-electron chi connectivity index (χ1n) is 5.73. The van der Waals surface area contributed by atoms with Crippen molar-refractivity contribution in [3.63, 3.8) is 0 Å². The second kappa shape index (κ2) is 9.15. The van der Waals surface area contributed by atoms with Gasteiger partial charge in [0.05, 0.1) is 6.42 Å². The zero-order chi connectivity index (χ0) is 15.7. The molecule has 2 atom stereocenters. The van der Waals surface area contributed by atoms with E-state index in [0.29, 0.717) is 0 Å². The second-order valence-electron chi connectivity index (χ2n) is 3.98. The fourth-order valence-electron chi connectivity index (χ4n) is 1.20. The van der Waals surface area contributed by atoms with Gasteiger partial charge in [0.15, 0.2) is 6.04 Å². The number of quaternary nitrogens is 1. The third-order valence-electron chi connectivity index (χ3n) is 2.31. The Morgan fingerprint density at radius 2 is 1.70 bits per heavy atom. The van der Waals surface area contributed by atoms with Crippen LogP contribution in [-0.4, -0.2) is 58.3 Å². The van der Waals surface area contributed by atoms with Gasteiger partial charge < -0.3 is 26.6 Å². The molecule has 0 bridgehead atoms. The highest BCUT2D eigenvalue weighted by Gasteiger charge is 2.25. The average Bonchev–Trinajstić information content (AvgIpc) is 2.38. The van der Waals surface area contributed by atoms with Crippen LogP contribution in [0.1, 0.15) is 12.8 Å². The van der Waals surface area contributed by atoms with E-state index in [1.807, 2.05) is 0 Å². The Balaban J connectivity index is 4.33. The van der Waals surface area contributed by atoms with Crippen LogP contribution in [0, 0.1) is 0 Å². The van der Waals surface area contributed by atoms with Crippen LogP contribution in [0.25, 0.3) is 0 Å². The molecule has 0 saturated heterocycles. The van der Waals surface area contributed by atoms with Gasteiger partial charge in [0.2, 0.25) is 5.91 Å². The maximum atomic E-state index is 11.7. The number of rotatable bonds is 9. The molecule has 0 aliphatic carbocycles. The number of hydrogen-bond donors (Lipinski definition) is 6. The highest BCUT2D eigenvalue weighted by Crippen LogP contribution is 1.95. The molecule has 0 fully saturated rings. The van der Waals surface area contributed by atoms with Crippen molar-refractivity contribution in [2.75, 3.05) is 12.3 Å². The quantitative estimate of drug-likeness (QED) is 0.250. The molecular formula is C10H18N3O6S+. The van der Waals surface area contributed by atoms with Crippen LogP contribution in [0.2, 0.25) is 0 Å². The van der Waals surface area contributed by atoms with Gasteiger partial charge in [-0.25, -0.2) is 0 Å². The molecule has 0 aliphatic rings. The van der Waals surface area contributed by atoms with Crippen molar-refractivity contribution in [3.8, 4) is 0 Å². The lowest BCUT2D eigenvalue weighted by Crippen LogP contribution is -2.69. The molecule has 7 N–H and O–H groups in total. The highest BCUT2D eigenvalue weighted by molar-refractivity contribution is 7.80. The predicted molar refractivity (Wildman–Crippen MR) is 70.0 cm³/mol. The SMILES string of the molecule is [NH3+]C(CCC(=O)O)C(=O)NC(CS)C(=O)NCC(=O)O. The van der Waals surface area contributed by atoms with Crippen LogP contribution in [0.3, 0.4) is 0 Å². The molecule has 0 radical (unpaired) electrons. The van der Waals surface area contributed by atoms with Gasteiger partial charge in [0, 0.05) is 12.2 Å². The van der Waals surface area contributed by atoms with Crippen molar-refractivity contribution in [3.05, 3.63) is 0 Å². The Kier molecular flexibility index (Phi) is 8.32. The molecule has 0 saturated carbocycles. The Morgan fingerprint density at radius 1 is 1.10 bits per heavy atom. The topological polar surface area (TPSA) is 160 Å². The summed E-state index contributed by atoms with van der Waals surface area (Å²) < 4.78 is 0. The number of thiol groups is 1. The van der Waals surface area contributed by atoms with Gasteiger partial charge in [-0.2, -0.15) is 12.6 Å². The maximum Gasteiger partial charge on any atom is 0.322 e. The average molecular weight is 308 g/mol. The lowest BCUT2D eigenvalue weighted by molar-refractivity contribution is -0.405. The number of carbonyl (C=O) groups excluding carboxylic acids is 2. The van der Waals surface area contributed by atoms with Gasteiger partial charge in [-0.1, -0.05) is 0 Å². The zero-order valence-corrected chi connectivity index (χ0v) is 11.6. The van der Waals surface area contributed by atoms with E-state index in [4.69, 9.17) is 10.2 Å². The normalized spacial score (nSPS) is 13.1. The van der Waals surface area contributed by atoms with Gasteiger partial charge in [0.1, 0.15) is 12.6 Å². The van der Waals surface area contributed by atoms with E-state index in [1.54, 1.807) is 0 Å². The number of carboxylic acids is 2. The Labute approximate surface area is 120 Å². The molecule has 0 heterocycles. The molecule has 9 nitrogen and oxygen atoms in total. The van der Waals surface area contributed by atoms with Crippen LogP contribution < -0.4 is 16.4 Å². The van der Waals surface area contributed by atoms with E-state index in [0.717, 1.165) is 0 Å². The highest BCUT2D eigenvalue weighted by atomic mass is 32.1. The van der Waals surface area contributed by atoms with E-state index >= 15 is 0 Å². The standard InChI is InChI=1S/C10H17N3O6S/c11-5(1-2-7(14)15)9(18)13-6(4-20)10(19)12-3-8(16)17/h5-6,20H,1-4,11H2,(H,12,19)(H,13,18)(H,14,15)(H,16,17)/p+1. The monoisotopic (exact) mass is 308 g/mol. The van der Waals surface area contributed by atoms with Crippen molar-refractivity contribution in [1.29, 1.82) is 0 Å². The lowest BCUT2D eigenvalue weighted by Gasteiger charge is -2.17. The summed E-state index contributed by atoms with van der Waals surface area (Å²) in [6.45, 7) is -0.564. The molecule has 0 aromatic carbocycles. The molecule has 0 rings (SSSR count). The second-order valence-corrected chi connectivity index (χ2v) is 4.35. The van der Waals surface area contributed by atoms with Gasteiger partial charge in [-0.15, -0.1) is 0 Å². The van der Waals surface area contributed by atoms with Gasteiger partial charge in [-0.05, 0) is 0 Å². The third-order valence-corrected chi connectivity index (χ3v) is 2.67. The van der Waals surface area contributed by atoms with Crippen LogP contribution in [-0.2, 0) is 19.2 Å². The largest absolute Gasteiger partial charge is 0.481 e. The Morgan fingerprint density at radius 3 is 2.15 bits per heavy atom. The number of carboxylic acid groups (broad SMARTS) is 2. The number of carbonyl (C=O) groups is 4. The first-order valence-corrected chi connectivity index (χ1v) is 6.36. The van der Waals surface area contributed by atoms with Crippen molar-refractivity contribution in [2.24, 2.45) is 0 Å². The zero-order valence-electron chi connectivity index (χ0n) is 10.7. The molecule has 20 heavy (non-hydrogen) atoms. The summed E-state index contributed by atoms with van der Waals surface area (Å²) in [5.41, 5.74) is 3.50. The van der Waals surface area contributed by atoms with E-state index in [-0.39, 0.29) is 18.6 Å². The summed E-state index contributed by atoms with van der Waals surface area (Å²) in [4.78, 5) is 43.9. The number of aliphatic carboxylic acids is 2. The molecule has 2 amide bonds. The van der Waals surface area contributed by atoms with Gasteiger partial charge >= 0.3 is 11.9 Å². The summed E-state index contributed by atoms with van der Waals surface area (Å²) >= 11 is 3.89. The predicted octanol–water partition coefficient (Wildman–Crippen LogP) is -2.92. The first kappa shape index (κ1) is 18.2. The molecule has 2 unspecified atom stereocenters. The van der Waals surface area contributed by atoms with Crippen molar-refractivity contribution >= 4 is 36.4 Å². The molecule has 0 aromatic rings. The van der Waals surface area contributed by atoms with Crippen molar-refractivity contribution in [2.45, 2.75) is 24.9 Å². The molecule has 0 aromatic heterocycles. The number of nitrogens with one attached hydrogen (secondary N) is 2. The van der Waals surface area contributed by atoms with Gasteiger partial charge in [0.25, 0.3) is 5.91 Å². The van der Waals surface area contributed by atoms with Crippen LogP contribution in [0.5, 0.6) is 0 Å². The van der Waals surface area contributed by atoms with Crippen LogP contribution >= 0.6 is 12.6 Å². The minimum Gasteiger partial charge on any atom is -0.481 e. The molecule has 0 spiro atoms. The van der Waals surface area contributed by atoms with Crippen molar-refractivity contribution in [1.82, 2.24) is 10.6 Å². The van der Waals surface area contributed by atoms with E-state index < -0.39 is 42.4 Å². The summed E-state index contributed by atoms with van der Waals surface area (Å²) in [5.74, 6) is -3.55. The molecule has 114 valence electrons. The van der Waals surface area contributed by atoms with E-state index in [9.17, 15) is 19.2 Å². The van der Waals surface area contributed by atoms with Crippen LogP contribution in [0.15, 0.2) is 0 Å². The Hall–Kier alpha value is -1.81. The number of amides is 2. The molecular weight excluding hydrogens is 290 g/mol. The third kappa shape index (κ3) is 7.59. The van der Waals surface area contributed by atoms with E-state index in [2.05, 4.69) is 29.0 Å². The van der Waals surface area contributed by atoms with Crippen LogP contribution in [0.4, 0.5) is 0 Å². The summed E-state index contributed by atoms with van der Waals surface area (Å²) in [6.07, 6.45) is -0.171. The minimum absolute atomic E-state index is 0.0250. The smallest absolute Gasteiger partial charge is 0.322 e. The summed E-state index contributed by atoms with van der Waals surface area (Å²) in [7, 11) is 0. The van der Waals surface area contributed by atoms with Crippen molar-refractivity contribution < 1.29 is 35.1 Å². The fraction of sp³-hybridized carbons (Fsp3) is 0.600. The summed E-state index contributed by atoms with van der Waals surface area (Å²) in [5, 5.41) is 21.4. The maximum absolute atomic E-state index is 11.7. The molecule has 0 aliphatic heterocycles. The molecule has 10 heteroatoms. The fourth-order valence-corrected chi connectivity index (χ4v) is 1.46. The number of hydrogen-bond acceptors (Lipinski definition) is 5. The van der Waals surface area contributed by atoms with Gasteiger partial charge in [-0.3, -0.25) is 19.2 Å². The van der Waals surface area contributed by atoms with E-state index in [1.165, 1.54) is 0 Å². The summed E-state index contributed by atoms with van der Waals surface area (Å²) in [6, 6.07) is -1.82. The minimum atomic E-state index is -1.21.